The van der Waals surface area contributed by atoms with E-state index in [-0.39, 0.29) is 0 Å². The highest BCUT2D eigenvalue weighted by Crippen LogP contribution is 2.21. The molecule has 0 saturated carbocycles. The molecular weight excluding hydrogens is 190 g/mol. The van der Waals surface area contributed by atoms with Crippen molar-refractivity contribution in [3.8, 4) is 0 Å². The van der Waals surface area contributed by atoms with Crippen LogP contribution < -0.4 is 0 Å². The van der Waals surface area contributed by atoms with Crippen LogP contribution in [0.15, 0.2) is 0 Å². The van der Waals surface area contributed by atoms with Crippen LogP contribution in [-0.4, -0.2) is 43.3 Å². The summed E-state index contributed by atoms with van der Waals surface area (Å²) in [5, 5.41) is 0. The monoisotopic (exact) mass is 218 g/mol. The Kier molecular flexibility index (Phi) is 5.34. The van der Waals surface area contributed by atoms with Gasteiger partial charge in [-0.15, -0.1) is 0 Å². The lowest BCUT2D eigenvalue weighted by Gasteiger charge is -2.43. The molecule has 1 unspecified atom stereocenters. The lowest BCUT2D eigenvalue weighted by Crippen LogP contribution is -2.56. The first-order chi connectivity index (χ1) is 6.31. The molecule has 1 N–H and O–H groups in total. The fraction of sp³-hybridized carbons (Fsp3) is 1.00. The molecule has 0 heterocycles. The van der Waals surface area contributed by atoms with Gasteiger partial charge in [-0.2, -0.15) is 0 Å². The summed E-state index contributed by atoms with van der Waals surface area (Å²) in [5.41, 5.74) is 0. The zero-order valence-electron chi connectivity index (χ0n) is 10.8. The van der Waals surface area contributed by atoms with Crippen molar-refractivity contribution < 1.29 is 9.28 Å². The molecule has 0 aromatic carbocycles. The van der Waals surface area contributed by atoms with Gasteiger partial charge in [-0.25, -0.2) is 0 Å². The number of hydrogen-bond acceptors (Lipinski definition) is 1. The maximum atomic E-state index is 9.97. The highest BCUT2D eigenvalue weighted by atomic mass is 28.4. The van der Waals surface area contributed by atoms with Crippen molar-refractivity contribution in [2.75, 3.05) is 19.6 Å². The molecule has 0 bridgehead atoms. The van der Waals surface area contributed by atoms with Gasteiger partial charge in [0, 0.05) is 6.04 Å². The summed E-state index contributed by atoms with van der Waals surface area (Å²) in [5.74, 6) is 0. The van der Waals surface area contributed by atoms with Crippen LogP contribution in [0.2, 0.25) is 19.1 Å². The largest absolute Gasteiger partial charge is 0.432 e. The van der Waals surface area contributed by atoms with E-state index in [9.17, 15) is 4.80 Å². The van der Waals surface area contributed by atoms with E-state index in [1.807, 2.05) is 13.1 Å². The molecule has 2 nitrogen and oxygen atoms in total. The Bertz CT molecular complexity index is 153. The highest BCUT2D eigenvalue weighted by molar-refractivity contribution is 6.69. The second kappa shape index (κ2) is 5.28. The predicted octanol–water partition coefficient (Wildman–Crippen LogP) is 2.45. The van der Waals surface area contributed by atoms with E-state index in [1.165, 1.54) is 19.6 Å². The summed E-state index contributed by atoms with van der Waals surface area (Å²) in [7, 11) is -1.89. The van der Waals surface area contributed by atoms with Crippen molar-refractivity contribution in [3.05, 3.63) is 0 Å². The first-order valence-corrected chi connectivity index (χ1v) is 9.05. The molecule has 86 valence electrons. The molecule has 0 fully saturated rings. The van der Waals surface area contributed by atoms with Gasteiger partial charge in [-0.3, -0.25) is 0 Å². The van der Waals surface area contributed by atoms with Crippen molar-refractivity contribution >= 4 is 8.32 Å². The van der Waals surface area contributed by atoms with E-state index < -0.39 is 8.32 Å². The van der Waals surface area contributed by atoms with Crippen molar-refractivity contribution in [1.82, 2.24) is 0 Å². The topological polar surface area (TPSA) is 20.2 Å². The van der Waals surface area contributed by atoms with Gasteiger partial charge < -0.3 is 9.28 Å². The third kappa shape index (κ3) is 3.71. The highest BCUT2D eigenvalue weighted by Gasteiger charge is 2.33. The number of rotatable bonds is 6. The maximum Gasteiger partial charge on any atom is 0.188 e. The van der Waals surface area contributed by atoms with E-state index in [0.29, 0.717) is 6.04 Å². The lowest BCUT2D eigenvalue weighted by atomic mass is 10.2. The Hall–Kier alpha value is 0.137. The van der Waals surface area contributed by atoms with E-state index >= 15 is 0 Å². The third-order valence-corrected chi connectivity index (χ3v) is 5.21. The summed E-state index contributed by atoms with van der Waals surface area (Å²) >= 11 is 0. The van der Waals surface area contributed by atoms with Gasteiger partial charge in [-0.05, 0) is 40.8 Å². The Balaban J connectivity index is 4.52. The van der Waals surface area contributed by atoms with E-state index in [4.69, 9.17) is 0 Å². The second-order valence-corrected chi connectivity index (χ2v) is 9.07. The van der Waals surface area contributed by atoms with Gasteiger partial charge in [0.05, 0.1) is 25.7 Å². The molecule has 14 heavy (non-hydrogen) atoms. The Morgan fingerprint density at radius 3 is 1.64 bits per heavy atom. The van der Waals surface area contributed by atoms with Crippen molar-refractivity contribution in [2.24, 2.45) is 0 Å². The summed E-state index contributed by atoms with van der Waals surface area (Å²) < 4.78 is 1.15. The maximum absolute atomic E-state index is 9.97. The summed E-state index contributed by atoms with van der Waals surface area (Å²) in [4.78, 5) is 9.97. The lowest BCUT2D eigenvalue weighted by molar-refractivity contribution is -0.942. The van der Waals surface area contributed by atoms with Crippen molar-refractivity contribution in [2.45, 2.75) is 52.9 Å². The molecule has 0 saturated heterocycles. The van der Waals surface area contributed by atoms with Crippen LogP contribution in [0.5, 0.6) is 0 Å². The fourth-order valence-electron chi connectivity index (χ4n) is 2.52. The molecular formula is C11H28NOSi+. The minimum atomic E-state index is -1.89. The molecule has 0 aliphatic heterocycles. The summed E-state index contributed by atoms with van der Waals surface area (Å²) in [6.45, 7) is 16.7. The van der Waals surface area contributed by atoms with Gasteiger partial charge in [0.15, 0.2) is 8.32 Å². The zero-order valence-corrected chi connectivity index (χ0v) is 11.8. The van der Waals surface area contributed by atoms with Gasteiger partial charge in [-0.1, -0.05) is 0 Å². The molecule has 0 amide bonds. The molecule has 1 atom stereocenters. The molecule has 0 aromatic rings. The zero-order chi connectivity index (χ0) is 11.4. The molecule has 0 aliphatic carbocycles. The normalized spacial score (nSPS) is 15.6. The second-order valence-electron chi connectivity index (χ2n) is 5.03. The van der Waals surface area contributed by atoms with Crippen LogP contribution in [0.3, 0.4) is 0 Å². The third-order valence-electron chi connectivity index (χ3n) is 3.62. The number of hydrogen-bond donors (Lipinski definition) is 1. The van der Waals surface area contributed by atoms with Gasteiger partial charge in [0.25, 0.3) is 0 Å². The summed E-state index contributed by atoms with van der Waals surface area (Å²) in [6, 6.07) is 1.62. The van der Waals surface area contributed by atoms with Crippen LogP contribution >= 0.6 is 0 Å². The fourth-order valence-corrected chi connectivity index (χ4v) is 4.36. The molecule has 0 aliphatic rings. The number of nitrogens with zero attached hydrogens (tertiary/aromatic N) is 1. The molecule has 0 spiro atoms. The predicted molar refractivity (Wildman–Crippen MR) is 65.9 cm³/mol. The van der Waals surface area contributed by atoms with Crippen LogP contribution in [0, 0.1) is 0 Å². The minimum absolute atomic E-state index is 0.599. The average molecular weight is 218 g/mol. The van der Waals surface area contributed by atoms with Crippen LogP contribution in [0.25, 0.3) is 0 Å². The van der Waals surface area contributed by atoms with E-state index in [2.05, 4.69) is 27.7 Å². The van der Waals surface area contributed by atoms with Crippen LogP contribution in [0.4, 0.5) is 0 Å². The molecule has 3 heteroatoms. The molecule has 0 rings (SSSR count). The molecule has 0 aromatic heterocycles. The van der Waals surface area contributed by atoms with Crippen molar-refractivity contribution in [3.63, 3.8) is 0 Å². The summed E-state index contributed by atoms with van der Waals surface area (Å²) in [6.07, 6.45) is 0. The quantitative estimate of drug-likeness (QED) is 0.536. The van der Waals surface area contributed by atoms with Crippen LogP contribution in [0.1, 0.15) is 27.7 Å². The van der Waals surface area contributed by atoms with E-state index in [0.717, 1.165) is 10.5 Å². The Morgan fingerprint density at radius 1 is 1.07 bits per heavy atom. The first-order valence-electron chi connectivity index (χ1n) is 5.89. The Morgan fingerprint density at radius 2 is 1.43 bits per heavy atom. The minimum Gasteiger partial charge on any atom is -0.432 e. The van der Waals surface area contributed by atoms with Gasteiger partial charge in [0.1, 0.15) is 0 Å². The smallest absolute Gasteiger partial charge is 0.188 e. The first kappa shape index (κ1) is 14.1. The number of quaternary nitrogens is 1. The van der Waals surface area contributed by atoms with Crippen LogP contribution in [-0.2, 0) is 0 Å². The van der Waals surface area contributed by atoms with Gasteiger partial charge in [0.2, 0.25) is 0 Å². The van der Waals surface area contributed by atoms with Gasteiger partial charge >= 0.3 is 0 Å². The van der Waals surface area contributed by atoms with Crippen molar-refractivity contribution in [1.29, 1.82) is 0 Å². The Labute approximate surface area is 90.7 Å². The average Bonchev–Trinajstić information content (AvgIpc) is 2.05. The van der Waals surface area contributed by atoms with E-state index in [1.54, 1.807) is 0 Å². The SMILES string of the molecule is CC[N+](CC)(CC)C(C)C[Si](C)(C)O. The molecule has 0 radical (unpaired) electrons. The standard InChI is InChI=1S/C11H28NOSi/c1-7-12(8-2,9-3)11(4)10-14(5,6)13/h11,13H,7-10H2,1-6H3/q+1.